The maximum atomic E-state index is 11.6. The summed E-state index contributed by atoms with van der Waals surface area (Å²) in [6.07, 6.45) is 25.8. The Balaban J connectivity index is -0.000000208. The van der Waals surface area contributed by atoms with Gasteiger partial charge in [0.15, 0.2) is 0 Å². The molecule has 0 aromatic heterocycles. The first-order valence-corrected chi connectivity index (χ1v) is 14.9. The van der Waals surface area contributed by atoms with E-state index in [2.05, 4.69) is 20.8 Å². The number of carbonyl (C=O) groups is 3. The molecule has 0 amide bonds. The second-order valence-corrected chi connectivity index (χ2v) is 9.85. The summed E-state index contributed by atoms with van der Waals surface area (Å²) in [7, 11) is 0. The third kappa shape index (κ3) is 48.4. The molecule has 0 unspecified atom stereocenters. The molecule has 0 saturated carbocycles. The number of rotatable bonds is 24. The average Bonchev–Trinajstić information content (AvgIpc) is 2.82. The molecule has 1 N–H and O–H groups in total. The summed E-state index contributed by atoms with van der Waals surface area (Å²) >= 11 is 0. The Bertz CT molecular complexity index is 463. The fourth-order valence-electron chi connectivity index (χ4n) is 3.92. The van der Waals surface area contributed by atoms with Crippen molar-refractivity contribution in [2.75, 3.05) is 0 Å². The zero-order chi connectivity index (χ0) is 26.4. The number of carbonyl (C=O) groups excluding carboxylic acids is 2. The summed E-state index contributed by atoms with van der Waals surface area (Å²) in [4.78, 5) is 33.2. The number of hydrogen-bond acceptors (Lipinski definition) is 4. The van der Waals surface area contributed by atoms with Gasteiger partial charge in [-0.3, -0.25) is 14.4 Å². The molecule has 0 radical (unpaired) electrons. The van der Waals surface area contributed by atoms with Crippen molar-refractivity contribution in [2.45, 2.75) is 175 Å². The molecule has 8 heteroatoms. The molecule has 0 fully saturated rings. The largest absolute Gasteiger partial charge is 0.481 e. The zero-order valence-electron chi connectivity index (χ0n) is 25.1. The number of carboxylic acids is 1. The smallest absolute Gasteiger partial charge is 0.313 e. The van der Waals surface area contributed by atoms with Gasteiger partial charge in [-0.15, -0.1) is 0 Å². The van der Waals surface area contributed by atoms with E-state index in [1.807, 2.05) is 0 Å². The Morgan fingerprint density at radius 3 is 0.921 bits per heavy atom. The second-order valence-electron chi connectivity index (χ2n) is 9.85. The molecule has 0 rings (SSSR count). The maximum absolute atomic E-state index is 11.6. The van der Waals surface area contributed by atoms with Crippen LogP contribution in [-0.4, -0.2) is 23.0 Å². The Labute approximate surface area is 334 Å². The van der Waals surface area contributed by atoms with Crippen molar-refractivity contribution in [1.29, 1.82) is 0 Å². The third-order valence-electron chi connectivity index (χ3n) is 6.19. The molecule has 38 heavy (non-hydrogen) atoms. The molecule has 5 nitrogen and oxygen atoms in total. The van der Waals surface area contributed by atoms with Gasteiger partial charge >= 0.3 is 17.9 Å². The number of ether oxygens (including phenoxy) is 1. The van der Waals surface area contributed by atoms with Gasteiger partial charge < -0.3 is 9.84 Å². The van der Waals surface area contributed by atoms with Crippen LogP contribution in [0.2, 0.25) is 0 Å². The van der Waals surface area contributed by atoms with E-state index in [0.29, 0.717) is 19.3 Å². The molecule has 220 valence electrons. The van der Waals surface area contributed by atoms with E-state index >= 15 is 0 Å². The van der Waals surface area contributed by atoms with Crippen LogP contribution in [0, 0.1) is 123 Å². The Hall–Kier alpha value is 2.66. The molecule has 0 heterocycles. The van der Waals surface area contributed by atoms with E-state index in [1.165, 1.54) is 96.3 Å². The van der Waals surface area contributed by atoms with Crippen molar-refractivity contribution < 1.29 is 147 Å². The van der Waals surface area contributed by atoms with Crippen LogP contribution in [0.1, 0.15) is 175 Å². The predicted octanol–water partition coefficient (Wildman–Crippen LogP) is 9.55. The normalized spacial score (nSPS) is 9.66. The van der Waals surface area contributed by atoms with Crippen LogP contribution in [-0.2, 0) is 19.1 Å². The number of carboxylic acid groups (broad SMARTS) is 1. The molecule has 0 spiro atoms. The minimum Gasteiger partial charge on any atom is -0.481 e. The van der Waals surface area contributed by atoms with Gasteiger partial charge in [-0.05, 0) is 19.3 Å². The van der Waals surface area contributed by atoms with E-state index in [4.69, 9.17) is 9.84 Å². The molecular weight excluding hydrogens is 873 g/mol. The van der Waals surface area contributed by atoms with Crippen molar-refractivity contribution in [3.8, 4) is 0 Å². The molecule has 0 aromatic carbocycles. The number of esters is 2. The molecule has 0 aromatic rings. The maximum Gasteiger partial charge on any atom is 0.313 e. The summed E-state index contributed by atoms with van der Waals surface area (Å²) in [5.41, 5.74) is 0. The van der Waals surface area contributed by atoms with Crippen LogP contribution in [0.15, 0.2) is 0 Å². The molecular formula is C30H58Nd3O5. The first kappa shape index (κ1) is 50.3. The van der Waals surface area contributed by atoms with Crippen molar-refractivity contribution in [2.24, 2.45) is 0 Å². The average molecular weight is 932 g/mol. The first-order valence-electron chi connectivity index (χ1n) is 14.9. The standard InChI is InChI=1S/C20H38O3.C10H20O2.3Nd/c1-3-5-7-9-11-13-15-17-19(21)23-20(22)18-16-14-12-10-8-6-4-2;1-2-3-4-5-6-7-8-9-10(11)12;;;/h3-18H2,1-2H3;2-9H2,1H3,(H,11,12);;;. The van der Waals surface area contributed by atoms with Gasteiger partial charge in [-0.1, -0.05) is 136 Å². The van der Waals surface area contributed by atoms with Gasteiger partial charge in [0, 0.05) is 142 Å². The Morgan fingerprint density at radius 1 is 0.421 bits per heavy atom. The molecule has 0 aliphatic carbocycles. The van der Waals surface area contributed by atoms with Gasteiger partial charge in [-0.25, -0.2) is 0 Å². The van der Waals surface area contributed by atoms with Gasteiger partial charge in [-0.2, -0.15) is 0 Å². The van der Waals surface area contributed by atoms with Crippen molar-refractivity contribution in [1.82, 2.24) is 0 Å². The summed E-state index contributed by atoms with van der Waals surface area (Å²) in [5.74, 6) is -1.35. The quantitative estimate of drug-likeness (QED) is 0.0593. The van der Waals surface area contributed by atoms with Crippen LogP contribution in [0.25, 0.3) is 0 Å². The Kier molecular flexibility index (Phi) is 58.4. The second kappa shape index (κ2) is 44.1. The fourth-order valence-corrected chi connectivity index (χ4v) is 3.92. The summed E-state index contributed by atoms with van der Waals surface area (Å²) in [5, 5.41) is 8.35. The minimum atomic E-state index is -0.663. The van der Waals surface area contributed by atoms with Crippen molar-refractivity contribution in [3.05, 3.63) is 0 Å². The van der Waals surface area contributed by atoms with Crippen molar-refractivity contribution >= 4 is 17.9 Å². The topological polar surface area (TPSA) is 80.7 Å². The van der Waals surface area contributed by atoms with Crippen LogP contribution >= 0.6 is 0 Å². The van der Waals surface area contributed by atoms with E-state index in [-0.39, 0.29) is 134 Å². The third-order valence-corrected chi connectivity index (χ3v) is 6.19. The van der Waals surface area contributed by atoms with E-state index < -0.39 is 5.97 Å². The predicted molar refractivity (Wildman–Crippen MR) is 147 cm³/mol. The molecule has 0 bridgehead atoms. The summed E-state index contributed by atoms with van der Waals surface area (Å²) in [6, 6.07) is 0. The SMILES string of the molecule is CCCCCCCCCC(=O)O.CCCCCCCCCC(=O)OC(=O)CCCCCCCCC.[Nd].[Nd].[Nd]. The minimum absolute atomic E-state index is 0. The number of unbranched alkanes of at least 4 members (excludes halogenated alkanes) is 18. The van der Waals surface area contributed by atoms with E-state index in [0.717, 1.165) is 38.5 Å². The summed E-state index contributed by atoms with van der Waals surface area (Å²) < 4.78 is 4.86. The van der Waals surface area contributed by atoms with Crippen LogP contribution in [0.4, 0.5) is 0 Å². The first-order chi connectivity index (χ1) is 17.0. The summed E-state index contributed by atoms with van der Waals surface area (Å²) in [6.45, 7) is 6.61. The molecule has 0 aliphatic rings. The van der Waals surface area contributed by atoms with E-state index in [9.17, 15) is 14.4 Å². The van der Waals surface area contributed by atoms with Crippen LogP contribution in [0.5, 0.6) is 0 Å². The number of hydrogen-bond donors (Lipinski definition) is 1. The monoisotopic (exact) mass is 924 g/mol. The number of aliphatic carboxylic acids is 1. The van der Waals surface area contributed by atoms with Gasteiger partial charge in [0.2, 0.25) is 0 Å². The molecule has 0 aliphatic heterocycles. The molecule has 0 saturated heterocycles. The van der Waals surface area contributed by atoms with Gasteiger partial charge in [0.25, 0.3) is 0 Å². The zero-order valence-corrected chi connectivity index (χ0v) is 34.7. The van der Waals surface area contributed by atoms with Crippen LogP contribution < -0.4 is 0 Å². The van der Waals surface area contributed by atoms with Crippen LogP contribution in [0.3, 0.4) is 0 Å². The molecule has 0 atom stereocenters. The van der Waals surface area contributed by atoms with Crippen molar-refractivity contribution in [3.63, 3.8) is 0 Å². The Morgan fingerprint density at radius 2 is 0.658 bits per heavy atom. The fraction of sp³-hybridized carbons (Fsp3) is 0.900. The van der Waals surface area contributed by atoms with Gasteiger partial charge in [0.05, 0.1) is 0 Å². The van der Waals surface area contributed by atoms with E-state index in [1.54, 1.807) is 0 Å². The van der Waals surface area contributed by atoms with Gasteiger partial charge in [0.1, 0.15) is 0 Å².